The predicted molar refractivity (Wildman–Crippen MR) is 41.3 cm³/mol. The van der Waals surface area contributed by atoms with Crippen molar-refractivity contribution in [3.63, 3.8) is 0 Å². The van der Waals surface area contributed by atoms with Crippen LogP contribution in [0.4, 0.5) is 0 Å². The molecule has 2 heterocycles. The van der Waals surface area contributed by atoms with Crippen LogP contribution in [0, 0.1) is 0 Å². The molecule has 0 saturated carbocycles. The predicted octanol–water partition coefficient (Wildman–Crippen LogP) is 0.826. The molecular formula is C7H13N3O2. The minimum absolute atomic E-state index is 0.565. The largest absolute Gasteiger partial charge is 0.355 e. The van der Waals surface area contributed by atoms with Crippen LogP contribution in [0.3, 0.4) is 0 Å². The number of hydrogen-bond acceptors (Lipinski definition) is 5. The summed E-state index contributed by atoms with van der Waals surface area (Å²) in [7, 11) is 0. The van der Waals surface area contributed by atoms with Gasteiger partial charge >= 0.3 is 6.03 Å². The molecule has 2 aliphatic rings. The van der Waals surface area contributed by atoms with Crippen molar-refractivity contribution in [3.8, 4) is 0 Å². The minimum atomic E-state index is -0.984. The van der Waals surface area contributed by atoms with Gasteiger partial charge in [0.05, 0.1) is 6.61 Å². The van der Waals surface area contributed by atoms with E-state index in [1.807, 2.05) is 13.8 Å². The summed E-state index contributed by atoms with van der Waals surface area (Å²) in [5, 5.41) is 11.0. The summed E-state index contributed by atoms with van der Waals surface area (Å²) in [5.74, 6) is 0. The van der Waals surface area contributed by atoms with Gasteiger partial charge in [-0.25, -0.2) is 5.32 Å². The first-order valence-electron chi connectivity index (χ1n) is 4.15. The highest BCUT2D eigenvalue weighted by molar-refractivity contribution is 4.79. The second-order valence-electron chi connectivity index (χ2n) is 3.46. The summed E-state index contributed by atoms with van der Waals surface area (Å²) < 4.78 is 10.9. The molecule has 1 unspecified atom stereocenters. The number of ether oxygens (including phenoxy) is 2. The molecule has 1 atom stereocenters. The van der Waals surface area contributed by atoms with E-state index in [-0.39, 0.29) is 0 Å². The van der Waals surface area contributed by atoms with Gasteiger partial charge in [-0.15, -0.1) is 5.11 Å². The number of azo groups is 1. The van der Waals surface area contributed by atoms with Crippen LogP contribution in [0.1, 0.15) is 20.3 Å². The Labute approximate surface area is 71.1 Å². The minimum Gasteiger partial charge on any atom is -0.317 e. The van der Waals surface area contributed by atoms with Gasteiger partial charge in [-0.3, -0.25) is 4.74 Å². The van der Waals surface area contributed by atoms with Gasteiger partial charge in [-0.1, -0.05) is 0 Å². The van der Waals surface area contributed by atoms with E-state index in [0.29, 0.717) is 6.61 Å². The molecule has 68 valence electrons. The SMILES string of the molecule is CC1(C)N=NC2(NCCCO2)O1. The highest BCUT2D eigenvalue weighted by Crippen LogP contribution is 2.31. The Hall–Kier alpha value is -0.520. The Kier molecular flexibility index (Phi) is 1.67. The maximum atomic E-state index is 5.51. The Morgan fingerprint density at radius 3 is 2.67 bits per heavy atom. The van der Waals surface area contributed by atoms with Crippen LogP contribution in [-0.4, -0.2) is 24.9 Å². The van der Waals surface area contributed by atoms with E-state index in [1.165, 1.54) is 0 Å². The maximum Gasteiger partial charge on any atom is 0.355 e. The highest BCUT2D eigenvalue weighted by Gasteiger charge is 2.45. The fraction of sp³-hybridized carbons (Fsp3) is 1.00. The molecule has 0 radical (unpaired) electrons. The molecule has 0 aromatic rings. The molecule has 0 aliphatic carbocycles. The van der Waals surface area contributed by atoms with Gasteiger partial charge in [0.2, 0.25) is 0 Å². The molecule has 1 spiro atoms. The van der Waals surface area contributed by atoms with E-state index in [0.717, 1.165) is 13.0 Å². The highest BCUT2D eigenvalue weighted by atomic mass is 16.8. The van der Waals surface area contributed by atoms with Crippen LogP contribution in [0.15, 0.2) is 10.2 Å². The monoisotopic (exact) mass is 171 g/mol. The number of hydrogen-bond donors (Lipinski definition) is 1. The number of nitrogens with zero attached hydrogens (tertiary/aromatic N) is 2. The second-order valence-corrected chi connectivity index (χ2v) is 3.46. The smallest absolute Gasteiger partial charge is 0.317 e. The van der Waals surface area contributed by atoms with Gasteiger partial charge in [0, 0.05) is 6.54 Å². The van der Waals surface area contributed by atoms with Crippen LogP contribution in [-0.2, 0) is 9.47 Å². The normalized spacial score (nSPS) is 39.2. The van der Waals surface area contributed by atoms with Crippen LogP contribution in [0.2, 0.25) is 0 Å². The van der Waals surface area contributed by atoms with Crippen molar-refractivity contribution in [2.45, 2.75) is 32.0 Å². The molecule has 1 N–H and O–H groups in total. The zero-order chi connectivity index (χ0) is 8.66. The molecule has 2 rings (SSSR count). The summed E-state index contributed by atoms with van der Waals surface area (Å²) in [6, 6.07) is -0.984. The zero-order valence-electron chi connectivity index (χ0n) is 7.33. The van der Waals surface area contributed by atoms with Crippen molar-refractivity contribution < 1.29 is 9.47 Å². The van der Waals surface area contributed by atoms with Gasteiger partial charge in [0.15, 0.2) is 5.72 Å². The van der Waals surface area contributed by atoms with E-state index in [9.17, 15) is 0 Å². The van der Waals surface area contributed by atoms with Gasteiger partial charge in [0.25, 0.3) is 0 Å². The molecule has 0 aromatic heterocycles. The van der Waals surface area contributed by atoms with Crippen molar-refractivity contribution in [1.82, 2.24) is 5.32 Å². The fourth-order valence-electron chi connectivity index (χ4n) is 1.28. The van der Waals surface area contributed by atoms with Crippen LogP contribution in [0.5, 0.6) is 0 Å². The first-order valence-corrected chi connectivity index (χ1v) is 4.15. The Balaban J connectivity index is 2.10. The lowest BCUT2D eigenvalue weighted by Crippen LogP contribution is -2.52. The van der Waals surface area contributed by atoms with Gasteiger partial charge in [-0.05, 0) is 20.3 Å². The van der Waals surface area contributed by atoms with Crippen LogP contribution >= 0.6 is 0 Å². The standard InChI is InChI=1S/C7H13N3O2/c1-6(2)9-10-7(12-6)8-4-3-5-11-7/h8H,3-5H2,1-2H3. The molecule has 0 aromatic carbocycles. The lowest BCUT2D eigenvalue weighted by Gasteiger charge is -2.31. The van der Waals surface area contributed by atoms with E-state index < -0.39 is 11.8 Å². The van der Waals surface area contributed by atoms with Gasteiger partial charge in [-0.2, -0.15) is 5.11 Å². The number of nitrogens with one attached hydrogen (secondary N) is 1. The first-order chi connectivity index (χ1) is 5.62. The fourth-order valence-corrected chi connectivity index (χ4v) is 1.28. The summed E-state index contributed by atoms with van der Waals surface area (Å²) in [4.78, 5) is 0. The average Bonchev–Trinajstić information content (AvgIpc) is 2.29. The van der Waals surface area contributed by atoms with Crippen molar-refractivity contribution in [2.24, 2.45) is 10.2 Å². The average molecular weight is 171 g/mol. The van der Waals surface area contributed by atoms with Crippen molar-refractivity contribution in [2.75, 3.05) is 13.2 Å². The lowest BCUT2D eigenvalue weighted by molar-refractivity contribution is -0.280. The molecule has 5 heteroatoms. The summed E-state index contributed by atoms with van der Waals surface area (Å²) in [6.45, 7) is 5.23. The zero-order valence-corrected chi connectivity index (χ0v) is 7.33. The van der Waals surface area contributed by atoms with Gasteiger partial charge < -0.3 is 4.74 Å². The van der Waals surface area contributed by atoms with E-state index in [2.05, 4.69) is 15.5 Å². The molecular weight excluding hydrogens is 158 g/mol. The molecule has 1 fully saturated rings. The maximum absolute atomic E-state index is 5.51. The topological polar surface area (TPSA) is 55.2 Å². The lowest BCUT2D eigenvalue weighted by atomic mass is 10.3. The Morgan fingerprint density at radius 2 is 2.17 bits per heavy atom. The molecule has 12 heavy (non-hydrogen) atoms. The van der Waals surface area contributed by atoms with E-state index in [1.54, 1.807) is 0 Å². The molecule has 5 nitrogen and oxygen atoms in total. The van der Waals surface area contributed by atoms with Crippen molar-refractivity contribution >= 4 is 0 Å². The Morgan fingerprint density at radius 1 is 1.33 bits per heavy atom. The van der Waals surface area contributed by atoms with Crippen LogP contribution in [0.25, 0.3) is 0 Å². The Bertz CT molecular complexity index is 209. The summed E-state index contributed by atoms with van der Waals surface area (Å²) in [6.07, 6.45) is 0.987. The van der Waals surface area contributed by atoms with E-state index in [4.69, 9.17) is 9.47 Å². The van der Waals surface area contributed by atoms with Crippen molar-refractivity contribution in [3.05, 3.63) is 0 Å². The van der Waals surface area contributed by atoms with E-state index >= 15 is 0 Å². The quantitative estimate of drug-likeness (QED) is 0.587. The number of rotatable bonds is 0. The third kappa shape index (κ3) is 1.35. The molecule has 0 amide bonds. The summed E-state index contributed by atoms with van der Waals surface area (Å²) in [5.41, 5.74) is -0.565. The van der Waals surface area contributed by atoms with Crippen LogP contribution < -0.4 is 5.32 Å². The molecule has 1 saturated heterocycles. The first kappa shape index (κ1) is 8.10. The third-order valence-electron chi connectivity index (χ3n) is 1.78. The third-order valence-corrected chi connectivity index (χ3v) is 1.78. The summed E-state index contributed by atoms with van der Waals surface area (Å²) >= 11 is 0. The van der Waals surface area contributed by atoms with Crippen molar-refractivity contribution in [1.29, 1.82) is 0 Å². The molecule has 2 aliphatic heterocycles. The second kappa shape index (κ2) is 2.48. The van der Waals surface area contributed by atoms with Gasteiger partial charge in [0.1, 0.15) is 0 Å². The molecule has 0 bridgehead atoms.